The molecule has 2 unspecified atom stereocenters. The highest BCUT2D eigenvalue weighted by Crippen LogP contribution is 2.36. The highest BCUT2D eigenvalue weighted by Gasteiger charge is 2.27. The molecule has 29 heavy (non-hydrogen) atoms. The third kappa shape index (κ3) is 3.29. The molecule has 1 aliphatic carbocycles. The molecule has 8 heteroatoms. The molecule has 2 atom stereocenters. The smallest absolute Gasteiger partial charge is 0.341 e. The molecule has 1 aliphatic rings. The third-order valence-corrected chi connectivity index (χ3v) is 5.43. The zero-order valence-corrected chi connectivity index (χ0v) is 15.2. The van der Waals surface area contributed by atoms with Crippen molar-refractivity contribution < 1.29 is 23.1 Å². The Hall–Kier alpha value is -3.13. The number of halogens is 3. The van der Waals surface area contributed by atoms with Gasteiger partial charge in [0.05, 0.1) is 11.2 Å². The van der Waals surface area contributed by atoms with Crippen LogP contribution in [0.25, 0.3) is 16.6 Å². The van der Waals surface area contributed by atoms with E-state index in [4.69, 9.17) is 5.73 Å². The lowest BCUT2D eigenvalue weighted by Crippen LogP contribution is -2.19. The van der Waals surface area contributed by atoms with E-state index in [-0.39, 0.29) is 28.6 Å². The predicted octanol–water partition coefficient (Wildman–Crippen LogP) is 3.70. The van der Waals surface area contributed by atoms with Crippen LogP contribution in [0.1, 0.15) is 41.1 Å². The van der Waals surface area contributed by atoms with Crippen LogP contribution in [0.5, 0.6) is 0 Å². The number of carboxylic acid groups (broad SMARTS) is 1. The van der Waals surface area contributed by atoms with E-state index < -0.39 is 34.4 Å². The number of aromatic carboxylic acids is 1. The number of fused-ring (bicyclic) bond motifs is 1. The average Bonchev–Trinajstić information content (AvgIpc) is 3.08. The second-order valence-electron chi connectivity index (χ2n) is 7.30. The maximum absolute atomic E-state index is 14.8. The highest BCUT2D eigenvalue weighted by atomic mass is 19.1. The van der Waals surface area contributed by atoms with Crippen molar-refractivity contribution in [3.8, 4) is 5.69 Å². The second-order valence-corrected chi connectivity index (χ2v) is 7.30. The van der Waals surface area contributed by atoms with E-state index in [0.717, 1.165) is 35.4 Å². The average molecular weight is 402 g/mol. The Bertz CT molecular complexity index is 1210. The molecule has 0 bridgehead atoms. The molecule has 0 spiro atoms. The Balaban J connectivity index is 2.05. The first-order valence-corrected chi connectivity index (χ1v) is 9.09. The van der Waals surface area contributed by atoms with Gasteiger partial charge in [-0.1, -0.05) is 0 Å². The van der Waals surface area contributed by atoms with E-state index >= 15 is 0 Å². The van der Waals surface area contributed by atoms with Gasteiger partial charge in [0, 0.05) is 23.7 Å². The molecule has 0 aliphatic heterocycles. The number of benzene rings is 2. The Morgan fingerprint density at radius 3 is 2.48 bits per heavy atom. The van der Waals surface area contributed by atoms with Crippen molar-refractivity contribution in [2.45, 2.75) is 31.2 Å². The van der Waals surface area contributed by atoms with Gasteiger partial charge in [-0.15, -0.1) is 0 Å². The van der Waals surface area contributed by atoms with Gasteiger partial charge < -0.3 is 15.4 Å². The first-order valence-electron chi connectivity index (χ1n) is 9.09. The van der Waals surface area contributed by atoms with Crippen LogP contribution in [0.15, 0.2) is 41.3 Å². The van der Waals surface area contributed by atoms with Crippen LogP contribution in [-0.2, 0) is 0 Å². The maximum atomic E-state index is 14.8. The van der Waals surface area contributed by atoms with E-state index in [2.05, 4.69) is 0 Å². The van der Waals surface area contributed by atoms with Crippen molar-refractivity contribution in [2.24, 2.45) is 5.73 Å². The van der Waals surface area contributed by atoms with Gasteiger partial charge in [-0.05, 0) is 55.0 Å². The maximum Gasteiger partial charge on any atom is 0.341 e. The number of hydrogen-bond acceptors (Lipinski definition) is 3. The fourth-order valence-electron chi connectivity index (χ4n) is 4.00. The molecule has 1 heterocycles. The summed E-state index contributed by atoms with van der Waals surface area (Å²) >= 11 is 0. The largest absolute Gasteiger partial charge is 0.477 e. The zero-order valence-electron chi connectivity index (χ0n) is 15.2. The molecule has 0 amide bonds. The van der Waals surface area contributed by atoms with Crippen molar-refractivity contribution in [3.63, 3.8) is 0 Å². The summed E-state index contributed by atoms with van der Waals surface area (Å²) in [6, 6.07) is 5.17. The van der Waals surface area contributed by atoms with Gasteiger partial charge in [0.25, 0.3) is 0 Å². The molecular formula is C21H17F3N2O3. The normalized spacial score (nSPS) is 19.0. The lowest BCUT2D eigenvalue weighted by atomic mass is 9.95. The number of aromatic nitrogens is 1. The van der Waals surface area contributed by atoms with Gasteiger partial charge in [0.1, 0.15) is 23.0 Å². The molecule has 0 saturated heterocycles. The monoisotopic (exact) mass is 402 g/mol. The minimum Gasteiger partial charge on any atom is -0.477 e. The van der Waals surface area contributed by atoms with E-state index in [1.54, 1.807) is 0 Å². The summed E-state index contributed by atoms with van der Waals surface area (Å²) in [5.41, 5.74) is 4.74. The minimum absolute atomic E-state index is 0.0544. The van der Waals surface area contributed by atoms with Crippen LogP contribution in [0, 0.1) is 17.5 Å². The van der Waals surface area contributed by atoms with Gasteiger partial charge in [-0.25, -0.2) is 18.0 Å². The van der Waals surface area contributed by atoms with Crippen LogP contribution in [0.2, 0.25) is 0 Å². The van der Waals surface area contributed by atoms with Crippen LogP contribution in [-0.4, -0.2) is 21.7 Å². The van der Waals surface area contributed by atoms with E-state index in [1.807, 2.05) is 0 Å². The first-order chi connectivity index (χ1) is 13.8. The van der Waals surface area contributed by atoms with Gasteiger partial charge in [-0.3, -0.25) is 4.79 Å². The van der Waals surface area contributed by atoms with Gasteiger partial charge in [-0.2, -0.15) is 0 Å². The molecule has 1 fully saturated rings. The number of rotatable bonds is 3. The second kappa shape index (κ2) is 7.04. The number of hydrogen-bond donors (Lipinski definition) is 2. The summed E-state index contributed by atoms with van der Waals surface area (Å²) in [5.74, 6) is -4.07. The Labute approximate surface area is 163 Å². The Morgan fingerprint density at radius 1 is 1.10 bits per heavy atom. The fourth-order valence-corrected chi connectivity index (χ4v) is 4.00. The number of nitrogens with two attached hydrogens (primary N) is 1. The number of carbonyl (C=O) groups is 1. The van der Waals surface area contributed by atoms with Crippen molar-refractivity contribution >= 4 is 16.9 Å². The molecular weight excluding hydrogens is 385 g/mol. The van der Waals surface area contributed by atoms with Crippen molar-refractivity contribution in [1.29, 1.82) is 0 Å². The first kappa shape index (κ1) is 19.2. The van der Waals surface area contributed by atoms with Crippen LogP contribution >= 0.6 is 0 Å². The van der Waals surface area contributed by atoms with E-state index in [0.29, 0.717) is 24.5 Å². The lowest BCUT2D eigenvalue weighted by Gasteiger charge is -2.17. The summed E-state index contributed by atoms with van der Waals surface area (Å²) in [6.45, 7) is 0. The van der Waals surface area contributed by atoms with Crippen LogP contribution in [0.3, 0.4) is 0 Å². The molecule has 2 aromatic carbocycles. The van der Waals surface area contributed by atoms with Gasteiger partial charge in [0.2, 0.25) is 5.43 Å². The van der Waals surface area contributed by atoms with Crippen molar-refractivity contribution in [1.82, 2.24) is 4.57 Å². The minimum atomic E-state index is -1.53. The molecule has 0 radical (unpaired) electrons. The van der Waals surface area contributed by atoms with E-state index in [9.17, 15) is 27.9 Å². The summed E-state index contributed by atoms with van der Waals surface area (Å²) < 4.78 is 43.8. The molecule has 3 N–H and O–H groups in total. The number of carboxylic acids is 1. The van der Waals surface area contributed by atoms with Crippen LogP contribution in [0.4, 0.5) is 13.2 Å². The quantitative estimate of drug-likeness (QED) is 0.700. The van der Waals surface area contributed by atoms with E-state index in [1.165, 1.54) is 6.07 Å². The summed E-state index contributed by atoms with van der Waals surface area (Å²) in [4.78, 5) is 24.1. The molecule has 3 aromatic rings. The molecule has 150 valence electrons. The summed E-state index contributed by atoms with van der Waals surface area (Å²) in [6.07, 6.45) is 2.96. The highest BCUT2D eigenvalue weighted by molar-refractivity contribution is 5.93. The molecule has 1 saturated carbocycles. The molecule has 1 aromatic heterocycles. The summed E-state index contributed by atoms with van der Waals surface area (Å²) in [5, 5.41) is 9.16. The SMILES string of the molecule is NC1CCC(c2cc3c(cc2F)c(=O)c(C(=O)O)cn3-c2ccc(F)cc2F)C1. The Morgan fingerprint density at radius 2 is 1.86 bits per heavy atom. The zero-order chi connectivity index (χ0) is 20.9. The van der Waals surface area contributed by atoms with Gasteiger partial charge in [0.15, 0.2) is 0 Å². The van der Waals surface area contributed by atoms with Crippen molar-refractivity contribution in [2.75, 3.05) is 0 Å². The lowest BCUT2D eigenvalue weighted by molar-refractivity contribution is 0.0695. The number of pyridine rings is 1. The standard InChI is InChI=1S/C21H17F3N2O3/c22-11-2-4-18(17(24)6-11)26-9-15(21(28)29)20(27)14-7-16(23)13(8-19(14)26)10-1-3-12(25)5-10/h2,4,6-10,12H,1,3,5,25H2,(H,28,29). The molecule has 4 rings (SSSR count). The van der Waals surface area contributed by atoms with Crippen LogP contribution < -0.4 is 11.2 Å². The topological polar surface area (TPSA) is 85.3 Å². The Kier molecular flexibility index (Phi) is 4.66. The predicted molar refractivity (Wildman–Crippen MR) is 101 cm³/mol. The van der Waals surface area contributed by atoms with Crippen molar-refractivity contribution in [3.05, 3.63) is 75.3 Å². The molecule has 5 nitrogen and oxygen atoms in total. The fraction of sp³-hybridized carbons (Fsp3) is 0.238. The number of nitrogens with zero attached hydrogens (tertiary/aromatic N) is 1. The summed E-state index contributed by atoms with van der Waals surface area (Å²) in [7, 11) is 0. The third-order valence-electron chi connectivity index (χ3n) is 5.43. The van der Waals surface area contributed by atoms with Gasteiger partial charge >= 0.3 is 5.97 Å².